The fourth-order valence-corrected chi connectivity index (χ4v) is 5.00. The number of fused-ring (bicyclic) bond motifs is 2. The van der Waals surface area contributed by atoms with Crippen molar-refractivity contribution in [3.63, 3.8) is 0 Å². The quantitative estimate of drug-likeness (QED) is 0.267. The maximum atomic E-state index is 11.8. The molecular weight excluding hydrogens is 472 g/mol. The Kier molecular flexibility index (Phi) is 5.59. The molecule has 178 valence electrons. The molecule has 0 aliphatic heterocycles. The minimum absolute atomic E-state index is 0.0355. The van der Waals surface area contributed by atoms with E-state index >= 15 is 0 Å². The maximum absolute atomic E-state index is 11.8. The molecule has 0 aromatic carbocycles. The summed E-state index contributed by atoms with van der Waals surface area (Å²) < 4.78 is 0. The molecular formula is C26H22N8OS. The second-order valence-corrected chi connectivity index (χ2v) is 9.47. The highest BCUT2D eigenvalue weighted by atomic mass is 32.1. The van der Waals surface area contributed by atoms with E-state index in [0.717, 1.165) is 57.0 Å². The third kappa shape index (κ3) is 3.96. The van der Waals surface area contributed by atoms with E-state index in [1.54, 1.807) is 13.1 Å². The van der Waals surface area contributed by atoms with Gasteiger partial charge in [-0.1, -0.05) is 6.92 Å². The number of nitrogens with one attached hydrogen (secondary N) is 3. The van der Waals surface area contributed by atoms with Crippen molar-refractivity contribution >= 4 is 39.2 Å². The number of Topliss-reactive ketones (excluding diaryl/α,β-unsaturated/α-hetero) is 1. The number of imidazole rings is 1. The minimum Gasteiger partial charge on any atom is -0.336 e. The number of pyridine rings is 3. The zero-order valence-corrected chi connectivity index (χ0v) is 20.5. The van der Waals surface area contributed by atoms with E-state index in [4.69, 9.17) is 9.97 Å². The van der Waals surface area contributed by atoms with Gasteiger partial charge in [0.15, 0.2) is 17.3 Å². The van der Waals surface area contributed by atoms with E-state index in [0.29, 0.717) is 21.9 Å². The number of hydrogen-bond acceptors (Lipinski definition) is 8. The van der Waals surface area contributed by atoms with Gasteiger partial charge in [-0.25, -0.2) is 9.97 Å². The van der Waals surface area contributed by atoms with Gasteiger partial charge in [0.1, 0.15) is 16.7 Å². The predicted molar refractivity (Wildman–Crippen MR) is 141 cm³/mol. The van der Waals surface area contributed by atoms with Gasteiger partial charge in [-0.05, 0) is 55.4 Å². The first-order valence-electron chi connectivity index (χ1n) is 11.6. The summed E-state index contributed by atoms with van der Waals surface area (Å²) in [4.78, 5) is 35.4. The standard InChI is InChI=1S/C26H22N8OS/c1-3-27-11-15-10-16(13-28-12-15)17-4-5-19-23(30-17)25(34-33-19)26-31-18-8-9-29-24(22(18)32-26)21-7-6-20(36-21)14(2)35/h4-10,12-13,27H,3,11H2,1-2H3,(H,31,32)(H,33,34). The number of rotatable bonds is 7. The molecule has 10 heteroatoms. The van der Waals surface area contributed by atoms with Crippen LogP contribution < -0.4 is 5.32 Å². The number of aromatic nitrogens is 7. The van der Waals surface area contributed by atoms with Crippen molar-refractivity contribution in [1.82, 2.24) is 40.4 Å². The van der Waals surface area contributed by atoms with Crippen LogP contribution in [0.15, 0.2) is 55.0 Å². The highest BCUT2D eigenvalue weighted by Gasteiger charge is 2.18. The Morgan fingerprint density at radius 1 is 1.03 bits per heavy atom. The SMILES string of the molecule is CCNCc1cncc(-c2ccc3[nH]nc(-c4nc5c(-c6ccc(C(C)=O)s6)nccc5[nH]4)c3n2)c1. The Labute approximate surface area is 210 Å². The molecule has 0 aliphatic carbocycles. The predicted octanol–water partition coefficient (Wildman–Crippen LogP) is 5.00. The van der Waals surface area contributed by atoms with Crippen molar-refractivity contribution in [3.05, 3.63) is 65.4 Å². The lowest BCUT2D eigenvalue weighted by atomic mass is 10.1. The summed E-state index contributed by atoms with van der Waals surface area (Å²) in [5, 5.41) is 10.9. The van der Waals surface area contributed by atoms with Gasteiger partial charge >= 0.3 is 0 Å². The summed E-state index contributed by atoms with van der Waals surface area (Å²) in [7, 11) is 0. The molecule has 6 heterocycles. The van der Waals surface area contributed by atoms with Crippen LogP contribution in [-0.4, -0.2) is 47.4 Å². The Morgan fingerprint density at radius 2 is 1.92 bits per heavy atom. The van der Waals surface area contributed by atoms with E-state index in [1.807, 2.05) is 42.7 Å². The number of carbonyl (C=O) groups is 1. The van der Waals surface area contributed by atoms with Crippen molar-refractivity contribution in [2.45, 2.75) is 20.4 Å². The molecule has 36 heavy (non-hydrogen) atoms. The minimum atomic E-state index is 0.0355. The molecule has 3 N–H and O–H groups in total. The topological polar surface area (TPSA) is 125 Å². The molecule has 0 saturated carbocycles. The van der Waals surface area contributed by atoms with Crippen molar-refractivity contribution in [1.29, 1.82) is 0 Å². The molecule has 0 amide bonds. The van der Waals surface area contributed by atoms with E-state index < -0.39 is 0 Å². The first kappa shape index (κ1) is 22.2. The fourth-order valence-electron chi connectivity index (χ4n) is 4.10. The van der Waals surface area contributed by atoms with E-state index in [1.165, 1.54) is 11.3 Å². The fraction of sp³-hybridized carbons (Fsp3) is 0.154. The largest absolute Gasteiger partial charge is 0.336 e. The number of ketones is 1. The van der Waals surface area contributed by atoms with Crippen molar-refractivity contribution in [3.8, 4) is 33.3 Å². The lowest BCUT2D eigenvalue weighted by Crippen LogP contribution is -2.11. The number of nitrogens with zero attached hydrogens (tertiary/aromatic N) is 5. The number of hydrogen-bond donors (Lipinski definition) is 3. The second kappa shape index (κ2) is 9.06. The third-order valence-corrected chi connectivity index (χ3v) is 7.08. The highest BCUT2D eigenvalue weighted by Crippen LogP contribution is 2.33. The summed E-state index contributed by atoms with van der Waals surface area (Å²) in [6.45, 7) is 5.29. The van der Waals surface area contributed by atoms with Gasteiger partial charge in [0.25, 0.3) is 0 Å². The van der Waals surface area contributed by atoms with Crippen LogP contribution in [0, 0.1) is 0 Å². The van der Waals surface area contributed by atoms with Crippen LogP contribution >= 0.6 is 11.3 Å². The van der Waals surface area contributed by atoms with Gasteiger partial charge in [-0.2, -0.15) is 5.10 Å². The number of H-pyrrole nitrogens is 2. The molecule has 0 bridgehead atoms. The molecule has 6 rings (SSSR count). The molecule has 0 radical (unpaired) electrons. The monoisotopic (exact) mass is 494 g/mol. The van der Waals surface area contributed by atoms with Crippen molar-refractivity contribution in [2.75, 3.05) is 6.54 Å². The van der Waals surface area contributed by atoms with Gasteiger partial charge in [0.2, 0.25) is 0 Å². The molecule has 6 aromatic heterocycles. The van der Waals surface area contributed by atoms with Crippen LogP contribution in [0.2, 0.25) is 0 Å². The van der Waals surface area contributed by atoms with Gasteiger partial charge in [-0.3, -0.25) is 19.9 Å². The lowest BCUT2D eigenvalue weighted by Gasteiger charge is -2.05. The molecule has 0 saturated heterocycles. The lowest BCUT2D eigenvalue weighted by molar-refractivity contribution is 0.102. The maximum Gasteiger partial charge on any atom is 0.169 e. The third-order valence-electron chi connectivity index (χ3n) is 5.89. The van der Waals surface area contributed by atoms with E-state index in [9.17, 15) is 4.79 Å². The molecule has 0 atom stereocenters. The number of aromatic amines is 2. The van der Waals surface area contributed by atoms with Crippen LogP contribution in [0.1, 0.15) is 29.1 Å². The summed E-state index contributed by atoms with van der Waals surface area (Å²) >= 11 is 1.41. The zero-order valence-electron chi connectivity index (χ0n) is 19.7. The van der Waals surface area contributed by atoms with Gasteiger partial charge in [-0.15, -0.1) is 11.3 Å². The van der Waals surface area contributed by atoms with Gasteiger partial charge in [0.05, 0.1) is 26.5 Å². The van der Waals surface area contributed by atoms with Crippen LogP contribution in [0.25, 0.3) is 55.4 Å². The molecule has 6 aromatic rings. The highest BCUT2D eigenvalue weighted by molar-refractivity contribution is 7.17. The first-order chi connectivity index (χ1) is 17.6. The summed E-state index contributed by atoms with van der Waals surface area (Å²) in [6.07, 6.45) is 5.42. The van der Waals surface area contributed by atoms with E-state index in [-0.39, 0.29) is 5.78 Å². The summed E-state index contributed by atoms with van der Waals surface area (Å²) in [5.41, 5.74) is 7.28. The molecule has 0 unspecified atom stereocenters. The van der Waals surface area contributed by atoms with Crippen molar-refractivity contribution in [2.24, 2.45) is 0 Å². The van der Waals surface area contributed by atoms with Gasteiger partial charge < -0.3 is 10.3 Å². The Bertz CT molecular complexity index is 1730. The molecule has 0 aliphatic rings. The van der Waals surface area contributed by atoms with Crippen LogP contribution in [-0.2, 0) is 6.54 Å². The Morgan fingerprint density at radius 3 is 2.75 bits per heavy atom. The average molecular weight is 495 g/mol. The van der Waals surface area contributed by atoms with Crippen LogP contribution in [0.3, 0.4) is 0 Å². The zero-order chi connectivity index (χ0) is 24.6. The number of thiophene rings is 1. The second-order valence-electron chi connectivity index (χ2n) is 8.39. The molecule has 0 spiro atoms. The smallest absolute Gasteiger partial charge is 0.169 e. The van der Waals surface area contributed by atoms with Crippen molar-refractivity contribution < 1.29 is 4.79 Å². The molecule has 0 fully saturated rings. The number of carbonyl (C=O) groups excluding carboxylic acids is 1. The van der Waals surface area contributed by atoms with Gasteiger partial charge in [0, 0.05) is 30.7 Å². The Hall–Kier alpha value is -4.28. The van der Waals surface area contributed by atoms with Crippen LogP contribution in [0.4, 0.5) is 0 Å². The normalized spacial score (nSPS) is 11.5. The Balaban J connectivity index is 1.42. The summed E-state index contributed by atoms with van der Waals surface area (Å²) in [6, 6.07) is 11.6. The molecule has 9 nitrogen and oxygen atoms in total. The summed E-state index contributed by atoms with van der Waals surface area (Å²) in [5.74, 6) is 0.630. The van der Waals surface area contributed by atoms with Crippen LogP contribution in [0.5, 0.6) is 0 Å². The average Bonchev–Trinajstić information content (AvgIpc) is 3.64. The van der Waals surface area contributed by atoms with E-state index in [2.05, 4.69) is 43.5 Å². The first-order valence-corrected chi connectivity index (χ1v) is 12.4.